The number of esters is 1. The van der Waals surface area contributed by atoms with Gasteiger partial charge in [0.25, 0.3) is 0 Å². The van der Waals surface area contributed by atoms with E-state index >= 15 is 0 Å². The molecule has 0 heterocycles. The van der Waals surface area contributed by atoms with Gasteiger partial charge in [0.05, 0.1) is 6.42 Å². The number of hydrogen-bond donors (Lipinski definition) is 0. The van der Waals surface area contributed by atoms with Crippen LogP contribution in [0.3, 0.4) is 0 Å². The number of carbonyl (C=O) groups is 1. The second-order valence-corrected chi connectivity index (χ2v) is 5.68. The highest BCUT2D eigenvalue weighted by Crippen LogP contribution is 2.27. The van der Waals surface area contributed by atoms with Crippen LogP contribution in [0, 0.1) is 5.41 Å². The van der Waals surface area contributed by atoms with Crippen LogP contribution >= 0.6 is 0 Å². The molecule has 0 aromatic heterocycles. The van der Waals surface area contributed by atoms with Crippen molar-refractivity contribution in [2.24, 2.45) is 5.41 Å². The topological polar surface area (TPSA) is 26.3 Å². The Morgan fingerprint density at radius 3 is 2.00 bits per heavy atom. The maximum absolute atomic E-state index is 11.5. The van der Waals surface area contributed by atoms with Gasteiger partial charge in [0, 0.05) is 0 Å². The van der Waals surface area contributed by atoms with Crippen molar-refractivity contribution in [2.45, 2.75) is 66.4 Å². The molecule has 0 radical (unpaired) electrons. The predicted octanol–water partition coefficient (Wildman–Crippen LogP) is 3.54. The lowest BCUT2D eigenvalue weighted by atomic mass is 9.85. The summed E-state index contributed by atoms with van der Waals surface area (Å²) in [6, 6.07) is 0. The SMILES string of the molecule is CCCC(C)(C)CC(=O)OC(C)(C)C. The number of rotatable bonds is 4. The summed E-state index contributed by atoms with van der Waals surface area (Å²) in [4.78, 5) is 11.5. The molecule has 2 nitrogen and oxygen atoms in total. The van der Waals surface area contributed by atoms with Gasteiger partial charge >= 0.3 is 5.97 Å². The van der Waals surface area contributed by atoms with Crippen molar-refractivity contribution < 1.29 is 9.53 Å². The monoisotopic (exact) mass is 200 g/mol. The van der Waals surface area contributed by atoms with E-state index < -0.39 is 0 Å². The van der Waals surface area contributed by atoms with Crippen molar-refractivity contribution in [2.75, 3.05) is 0 Å². The summed E-state index contributed by atoms with van der Waals surface area (Å²) in [6.07, 6.45) is 2.68. The van der Waals surface area contributed by atoms with Gasteiger partial charge in [-0.15, -0.1) is 0 Å². The molecular weight excluding hydrogens is 176 g/mol. The fourth-order valence-corrected chi connectivity index (χ4v) is 1.53. The van der Waals surface area contributed by atoms with Crippen molar-refractivity contribution in [3.63, 3.8) is 0 Å². The molecule has 0 fully saturated rings. The first-order chi connectivity index (χ1) is 6.16. The Labute approximate surface area is 88.0 Å². The molecule has 0 aliphatic carbocycles. The number of carbonyl (C=O) groups excluding carboxylic acids is 1. The fourth-order valence-electron chi connectivity index (χ4n) is 1.53. The zero-order valence-electron chi connectivity index (χ0n) is 10.4. The minimum atomic E-state index is -0.362. The largest absolute Gasteiger partial charge is 0.460 e. The van der Waals surface area contributed by atoms with Crippen molar-refractivity contribution in [3.8, 4) is 0 Å². The summed E-state index contributed by atoms with van der Waals surface area (Å²) in [5.74, 6) is -0.0871. The van der Waals surface area contributed by atoms with E-state index in [0.717, 1.165) is 12.8 Å². The Morgan fingerprint density at radius 2 is 1.64 bits per heavy atom. The lowest BCUT2D eigenvalue weighted by Crippen LogP contribution is -2.27. The summed E-state index contributed by atoms with van der Waals surface area (Å²) < 4.78 is 5.28. The highest BCUT2D eigenvalue weighted by atomic mass is 16.6. The molecule has 84 valence electrons. The van der Waals surface area contributed by atoms with Crippen molar-refractivity contribution in [1.82, 2.24) is 0 Å². The van der Waals surface area contributed by atoms with Crippen LogP contribution in [-0.2, 0) is 9.53 Å². The first-order valence-corrected chi connectivity index (χ1v) is 5.38. The summed E-state index contributed by atoms with van der Waals surface area (Å²) in [5, 5.41) is 0. The first-order valence-electron chi connectivity index (χ1n) is 5.38. The molecule has 0 aliphatic rings. The maximum atomic E-state index is 11.5. The van der Waals surface area contributed by atoms with Gasteiger partial charge in [-0.3, -0.25) is 4.79 Å². The molecule has 0 aliphatic heterocycles. The van der Waals surface area contributed by atoms with Crippen LogP contribution in [0.15, 0.2) is 0 Å². The van der Waals surface area contributed by atoms with E-state index in [1.165, 1.54) is 0 Å². The van der Waals surface area contributed by atoms with Gasteiger partial charge in [0.1, 0.15) is 5.60 Å². The third-order valence-corrected chi connectivity index (χ3v) is 1.97. The van der Waals surface area contributed by atoms with E-state index in [-0.39, 0.29) is 17.0 Å². The average Bonchev–Trinajstić information content (AvgIpc) is 1.78. The Bertz CT molecular complexity index is 187. The summed E-state index contributed by atoms with van der Waals surface area (Å²) in [5.41, 5.74) is -0.295. The molecule has 0 unspecified atom stereocenters. The predicted molar refractivity (Wildman–Crippen MR) is 59.2 cm³/mol. The molecule has 14 heavy (non-hydrogen) atoms. The van der Waals surface area contributed by atoms with Crippen molar-refractivity contribution >= 4 is 5.97 Å². The lowest BCUT2D eigenvalue weighted by molar-refractivity contribution is -0.157. The van der Waals surface area contributed by atoms with E-state index in [0.29, 0.717) is 6.42 Å². The zero-order valence-corrected chi connectivity index (χ0v) is 10.4. The smallest absolute Gasteiger partial charge is 0.306 e. The number of hydrogen-bond acceptors (Lipinski definition) is 2. The minimum absolute atomic E-state index is 0.0666. The van der Waals surface area contributed by atoms with Crippen LogP contribution in [0.1, 0.15) is 60.8 Å². The summed E-state index contributed by atoms with van der Waals surface area (Å²) >= 11 is 0. The standard InChI is InChI=1S/C12H24O2/c1-7-8-12(5,6)9-10(13)14-11(2,3)4/h7-9H2,1-6H3. The Morgan fingerprint density at radius 1 is 1.14 bits per heavy atom. The molecule has 0 saturated carbocycles. The minimum Gasteiger partial charge on any atom is -0.460 e. The van der Waals surface area contributed by atoms with Crippen LogP contribution in [0.2, 0.25) is 0 Å². The van der Waals surface area contributed by atoms with Crippen LogP contribution in [0.4, 0.5) is 0 Å². The lowest BCUT2D eigenvalue weighted by Gasteiger charge is -2.26. The summed E-state index contributed by atoms with van der Waals surface area (Å²) in [6.45, 7) is 12.1. The van der Waals surface area contributed by atoms with Gasteiger partial charge in [0.2, 0.25) is 0 Å². The maximum Gasteiger partial charge on any atom is 0.306 e. The highest BCUT2D eigenvalue weighted by molar-refractivity contribution is 5.70. The van der Waals surface area contributed by atoms with E-state index in [2.05, 4.69) is 20.8 Å². The normalized spacial score (nSPS) is 12.7. The van der Waals surface area contributed by atoms with E-state index in [1.54, 1.807) is 0 Å². The molecular formula is C12H24O2. The molecule has 0 rings (SSSR count). The molecule has 0 N–H and O–H groups in total. The number of ether oxygens (including phenoxy) is 1. The molecule has 0 atom stereocenters. The van der Waals surface area contributed by atoms with E-state index in [4.69, 9.17) is 4.74 Å². The van der Waals surface area contributed by atoms with Crippen molar-refractivity contribution in [3.05, 3.63) is 0 Å². The Hall–Kier alpha value is -0.530. The quantitative estimate of drug-likeness (QED) is 0.649. The second-order valence-electron chi connectivity index (χ2n) is 5.68. The second kappa shape index (κ2) is 4.81. The Balaban J connectivity index is 4.06. The Kier molecular flexibility index (Phi) is 4.63. The fraction of sp³-hybridized carbons (Fsp3) is 0.917. The van der Waals surface area contributed by atoms with Crippen LogP contribution in [0.5, 0.6) is 0 Å². The summed E-state index contributed by atoms with van der Waals surface area (Å²) in [7, 11) is 0. The van der Waals surface area contributed by atoms with E-state index in [9.17, 15) is 4.79 Å². The van der Waals surface area contributed by atoms with Crippen molar-refractivity contribution in [1.29, 1.82) is 0 Å². The molecule has 0 aromatic rings. The third-order valence-electron chi connectivity index (χ3n) is 1.97. The van der Waals surface area contributed by atoms with E-state index in [1.807, 2.05) is 20.8 Å². The third kappa shape index (κ3) is 6.93. The average molecular weight is 200 g/mol. The van der Waals surface area contributed by atoms with Crippen LogP contribution in [-0.4, -0.2) is 11.6 Å². The van der Waals surface area contributed by atoms with Crippen LogP contribution in [0.25, 0.3) is 0 Å². The van der Waals surface area contributed by atoms with Gasteiger partial charge in [-0.1, -0.05) is 27.2 Å². The van der Waals surface area contributed by atoms with Crippen LogP contribution < -0.4 is 0 Å². The molecule has 0 saturated heterocycles. The molecule has 0 aromatic carbocycles. The molecule has 0 bridgehead atoms. The zero-order chi connectivity index (χ0) is 11.4. The van der Waals surface area contributed by atoms with Gasteiger partial charge in [-0.25, -0.2) is 0 Å². The molecule has 0 amide bonds. The van der Waals surface area contributed by atoms with Gasteiger partial charge in [-0.05, 0) is 32.6 Å². The first kappa shape index (κ1) is 13.5. The van der Waals surface area contributed by atoms with Gasteiger partial charge < -0.3 is 4.74 Å². The highest BCUT2D eigenvalue weighted by Gasteiger charge is 2.24. The van der Waals surface area contributed by atoms with Gasteiger partial charge in [-0.2, -0.15) is 0 Å². The molecule has 2 heteroatoms. The van der Waals surface area contributed by atoms with Gasteiger partial charge in [0.15, 0.2) is 0 Å². The molecule has 0 spiro atoms.